The largest absolute Gasteiger partial charge is 0.368 e. The lowest BCUT2D eigenvalue weighted by molar-refractivity contribution is -0.230. The molecule has 0 amide bonds. The molecule has 0 saturated carbocycles. The molecule has 3 nitrogen and oxygen atoms in total. The Morgan fingerprint density at radius 2 is 1.68 bits per heavy atom. The molecule has 19 heavy (non-hydrogen) atoms. The van der Waals surface area contributed by atoms with Crippen molar-refractivity contribution in [1.29, 1.82) is 0 Å². The summed E-state index contributed by atoms with van der Waals surface area (Å²) in [5.74, 6) is 0. The van der Waals surface area contributed by atoms with Crippen LogP contribution in [0.2, 0.25) is 10.0 Å². The van der Waals surface area contributed by atoms with Crippen molar-refractivity contribution >= 4 is 28.9 Å². The van der Waals surface area contributed by atoms with Gasteiger partial charge in [-0.25, -0.2) is 0 Å². The first-order chi connectivity index (χ1) is 8.87. The highest BCUT2D eigenvalue weighted by atomic mass is 35.5. The Labute approximate surface area is 125 Å². The van der Waals surface area contributed by atoms with E-state index in [1.807, 2.05) is 23.3 Å². The van der Waals surface area contributed by atoms with Gasteiger partial charge >= 0.3 is 0 Å². The molecule has 1 saturated heterocycles. The Morgan fingerprint density at radius 1 is 1.05 bits per heavy atom. The number of hydrogen-bond donors (Lipinski definition) is 0. The molecule has 0 aromatic heterocycles. The van der Waals surface area contributed by atoms with Crippen LogP contribution >= 0.6 is 23.2 Å². The summed E-state index contributed by atoms with van der Waals surface area (Å²) in [6.07, 6.45) is 0. The van der Waals surface area contributed by atoms with Crippen LogP contribution in [-0.4, -0.2) is 36.8 Å². The van der Waals surface area contributed by atoms with Gasteiger partial charge in [-0.15, -0.1) is 0 Å². The number of halogens is 2. The number of nitrogens with zero attached hydrogens (tertiary/aromatic N) is 2. The molecule has 0 aliphatic carbocycles. The molecule has 0 radical (unpaired) electrons. The standard InChI is InChI=1S/C14H20Cl2N2O/c1-14(2,3)19-18-9-7-17(8-10-18)12-6-4-5-11(15)13(12)16/h4-6H,7-10H2,1-3H3. The van der Waals surface area contributed by atoms with Crippen LogP contribution in [-0.2, 0) is 4.84 Å². The molecule has 1 heterocycles. The summed E-state index contributed by atoms with van der Waals surface area (Å²) in [5, 5.41) is 3.26. The predicted octanol–water partition coefficient (Wildman–Crippen LogP) is 3.85. The summed E-state index contributed by atoms with van der Waals surface area (Å²) in [6, 6.07) is 5.75. The summed E-state index contributed by atoms with van der Waals surface area (Å²) < 4.78 is 0. The van der Waals surface area contributed by atoms with Gasteiger partial charge in [-0.1, -0.05) is 29.3 Å². The molecule has 1 aliphatic heterocycles. The minimum atomic E-state index is -0.143. The molecule has 1 aliphatic rings. The van der Waals surface area contributed by atoms with Crippen LogP contribution in [0, 0.1) is 0 Å². The maximum absolute atomic E-state index is 6.25. The molecular formula is C14H20Cl2N2O. The third kappa shape index (κ3) is 3.99. The second kappa shape index (κ2) is 5.88. The van der Waals surface area contributed by atoms with E-state index in [-0.39, 0.29) is 5.60 Å². The van der Waals surface area contributed by atoms with Crippen LogP contribution in [0.25, 0.3) is 0 Å². The molecule has 0 N–H and O–H groups in total. The minimum absolute atomic E-state index is 0.143. The van der Waals surface area contributed by atoms with E-state index in [0.29, 0.717) is 10.0 Å². The Balaban J connectivity index is 1.98. The first-order valence-electron chi connectivity index (χ1n) is 6.50. The van der Waals surface area contributed by atoms with Gasteiger partial charge in [0.1, 0.15) is 0 Å². The van der Waals surface area contributed by atoms with E-state index in [0.717, 1.165) is 31.9 Å². The molecule has 1 fully saturated rings. The summed E-state index contributed by atoms with van der Waals surface area (Å²) in [5.41, 5.74) is 0.861. The summed E-state index contributed by atoms with van der Waals surface area (Å²) in [4.78, 5) is 8.11. The van der Waals surface area contributed by atoms with E-state index in [9.17, 15) is 0 Å². The van der Waals surface area contributed by atoms with Crippen molar-refractivity contribution < 1.29 is 4.84 Å². The van der Waals surface area contributed by atoms with Crippen molar-refractivity contribution in [3.05, 3.63) is 28.2 Å². The molecule has 106 valence electrons. The lowest BCUT2D eigenvalue weighted by Crippen LogP contribution is -2.48. The van der Waals surface area contributed by atoms with Crippen LogP contribution in [0.4, 0.5) is 5.69 Å². The highest BCUT2D eigenvalue weighted by Gasteiger charge is 2.23. The van der Waals surface area contributed by atoms with E-state index in [4.69, 9.17) is 28.0 Å². The molecule has 5 heteroatoms. The molecule has 2 rings (SSSR count). The maximum atomic E-state index is 6.25. The first kappa shape index (κ1) is 14.9. The van der Waals surface area contributed by atoms with Gasteiger partial charge in [0.2, 0.25) is 0 Å². The number of hydroxylamine groups is 2. The zero-order valence-electron chi connectivity index (χ0n) is 11.6. The Morgan fingerprint density at radius 3 is 2.26 bits per heavy atom. The maximum Gasteiger partial charge on any atom is 0.0825 e. The SMILES string of the molecule is CC(C)(C)ON1CCN(c2cccc(Cl)c2Cl)CC1. The van der Waals surface area contributed by atoms with Gasteiger partial charge in [0.05, 0.1) is 21.3 Å². The van der Waals surface area contributed by atoms with Crippen molar-refractivity contribution in [1.82, 2.24) is 5.06 Å². The van der Waals surface area contributed by atoms with E-state index in [1.165, 1.54) is 0 Å². The normalized spacial score (nSPS) is 17.8. The second-order valence-electron chi connectivity index (χ2n) is 5.69. The van der Waals surface area contributed by atoms with Crippen LogP contribution in [0.5, 0.6) is 0 Å². The fraction of sp³-hybridized carbons (Fsp3) is 0.571. The smallest absolute Gasteiger partial charge is 0.0825 e. The second-order valence-corrected chi connectivity index (χ2v) is 6.48. The Hall–Kier alpha value is -0.480. The Kier molecular flexibility index (Phi) is 4.62. The van der Waals surface area contributed by atoms with Gasteiger partial charge in [-0.05, 0) is 32.9 Å². The predicted molar refractivity (Wildman–Crippen MR) is 81.1 cm³/mol. The molecule has 0 spiro atoms. The monoisotopic (exact) mass is 302 g/mol. The van der Waals surface area contributed by atoms with E-state index < -0.39 is 0 Å². The van der Waals surface area contributed by atoms with Crippen LogP contribution in [0.3, 0.4) is 0 Å². The van der Waals surface area contributed by atoms with Crippen molar-refractivity contribution in [2.75, 3.05) is 31.1 Å². The first-order valence-corrected chi connectivity index (χ1v) is 7.25. The van der Waals surface area contributed by atoms with Gasteiger partial charge < -0.3 is 4.90 Å². The number of anilines is 1. The van der Waals surface area contributed by atoms with Gasteiger partial charge in [0.15, 0.2) is 0 Å². The number of piperazine rings is 1. The zero-order valence-corrected chi connectivity index (χ0v) is 13.1. The van der Waals surface area contributed by atoms with Crippen LogP contribution in [0.15, 0.2) is 18.2 Å². The number of hydrogen-bond acceptors (Lipinski definition) is 3. The van der Waals surface area contributed by atoms with Gasteiger partial charge in [-0.2, -0.15) is 5.06 Å². The highest BCUT2D eigenvalue weighted by Crippen LogP contribution is 2.33. The highest BCUT2D eigenvalue weighted by molar-refractivity contribution is 6.43. The number of rotatable bonds is 2. The molecular weight excluding hydrogens is 283 g/mol. The van der Waals surface area contributed by atoms with E-state index in [1.54, 1.807) is 0 Å². The minimum Gasteiger partial charge on any atom is -0.368 e. The van der Waals surface area contributed by atoms with Crippen molar-refractivity contribution in [3.63, 3.8) is 0 Å². The Bertz CT molecular complexity index is 438. The van der Waals surface area contributed by atoms with Crippen LogP contribution in [0.1, 0.15) is 20.8 Å². The summed E-state index contributed by atoms with van der Waals surface area (Å²) in [6.45, 7) is 9.68. The number of benzene rings is 1. The van der Waals surface area contributed by atoms with Gasteiger partial charge in [-0.3, -0.25) is 4.84 Å². The summed E-state index contributed by atoms with van der Waals surface area (Å²) in [7, 11) is 0. The molecule has 0 bridgehead atoms. The molecule has 1 aromatic rings. The third-order valence-electron chi connectivity index (χ3n) is 2.91. The lowest BCUT2D eigenvalue weighted by atomic mass is 10.2. The van der Waals surface area contributed by atoms with Gasteiger partial charge in [0.25, 0.3) is 0 Å². The fourth-order valence-electron chi connectivity index (χ4n) is 2.14. The van der Waals surface area contributed by atoms with Crippen LogP contribution < -0.4 is 4.90 Å². The average Bonchev–Trinajstić information content (AvgIpc) is 2.32. The summed E-state index contributed by atoms with van der Waals surface area (Å²) >= 11 is 12.3. The third-order valence-corrected chi connectivity index (χ3v) is 3.72. The zero-order chi connectivity index (χ0) is 14.0. The molecule has 0 unspecified atom stereocenters. The fourth-order valence-corrected chi connectivity index (χ4v) is 2.56. The quantitative estimate of drug-likeness (QED) is 0.825. The van der Waals surface area contributed by atoms with Crippen molar-refractivity contribution in [3.8, 4) is 0 Å². The van der Waals surface area contributed by atoms with E-state index >= 15 is 0 Å². The molecule has 1 aromatic carbocycles. The average molecular weight is 303 g/mol. The topological polar surface area (TPSA) is 15.7 Å². The van der Waals surface area contributed by atoms with Crippen molar-refractivity contribution in [2.45, 2.75) is 26.4 Å². The lowest BCUT2D eigenvalue weighted by Gasteiger charge is -2.38. The van der Waals surface area contributed by atoms with Gasteiger partial charge in [0, 0.05) is 26.2 Å². The molecule has 0 atom stereocenters. The van der Waals surface area contributed by atoms with Crippen molar-refractivity contribution in [2.24, 2.45) is 0 Å². The van der Waals surface area contributed by atoms with E-state index in [2.05, 4.69) is 25.7 Å².